The Bertz CT molecular complexity index is 404. The number of hydrogen-bond acceptors (Lipinski definition) is 0. The van der Waals surface area contributed by atoms with Gasteiger partial charge >= 0.3 is 0 Å². The summed E-state index contributed by atoms with van der Waals surface area (Å²) in [6.45, 7) is 16.2. The third-order valence-corrected chi connectivity index (χ3v) is 6.63. The Morgan fingerprint density at radius 3 is 2.65 bits per heavy atom. The molecule has 20 heavy (non-hydrogen) atoms. The molecule has 3 atom stereocenters. The van der Waals surface area contributed by atoms with Crippen LogP contribution in [0.3, 0.4) is 0 Å². The molecule has 1 saturated carbocycles. The number of rotatable bonds is 7. The average Bonchev–Trinajstić information content (AvgIpc) is 2.42. The summed E-state index contributed by atoms with van der Waals surface area (Å²) < 4.78 is 0. The molecule has 0 saturated heterocycles. The normalized spacial score (nSPS) is 30.4. The van der Waals surface area contributed by atoms with Crippen molar-refractivity contribution in [3.8, 4) is 0 Å². The minimum atomic E-state index is 0.432. The predicted octanol–water partition coefficient (Wildman–Crippen LogP) is 5.78. The van der Waals surface area contributed by atoms with Gasteiger partial charge in [-0.25, -0.2) is 0 Å². The van der Waals surface area contributed by atoms with E-state index in [2.05, 4.69) is 47.3 Å². The lowest BCUT2D eigenvalue weighted by Crippen LogP contribution is -2.50. The third-order valence-electron chi connectivity index (χ3n) is 6.63. The second kappa shape index (κ2) is 5.74. The van der Waals surface area contributed by atoms with Gasteiger partial charge in [-0.15, -0.1) is 6.58 Å². The van der Waals surface area contributed by atoms with Gasteiger partial charge in [0.15, 0.2) is 0 Å². The first-order chi connectivity index (χ1) is 9.36. The summed E-state index contributed by atoms with van der Waals surface area (Å²) in [6, 6.07) is 0. The van der Waals surface area contributed by atoms with E-state index >= 15 is 0 Å². The Kier molecular flexibility index (Phi) is 4.57. The lowest BCUT2D eigenvalue weighted by Gasteiger charge is -2.59. The molecule has 0 aliphatic heterocycles. The van der Waals surface area contributed by atoms with Gasteiger partial charge < -0.3 is 0 Å². The van der Waals surface area contributed by atoms with Crippen LogP contribution in [0.1, 0.15) is 66.7 Å². The van der Waals surface area contributed by atoms with E-state index in [-0.39, 0.29) is 0 Å². The molecule has 112 valence electrons. The molecular weight excluding hydrogens is 239 g/mol. The van der Waals surface area contributed by atoms with Gasteiger partial charge in [-0.2, -0.15) is 0 Å². The topological polar surface area (TPSA) is 0 Å². The zero-order valence-electron chi connectivity index (χ0n) is 14.4. The highest BCUT2D eigenvalue weighted by molar-refractivity contribution is 6.41. The molecule has 3 aliphatic rings. The number of hydrogen-bond donors (Lipinski definition) is 0. The van der Waals surface area contributed by atoms with Crippen molar-refractivity contribution in [3.63, 3.8) is 0 Å². The molecule has 1 unspecified atom stereocenters. The van der Waals surface area contributed by atoms with E-state index in [0.717, 1.165) is 18.2 Å². The molecule has 0 aromatic carbocycles. The van der Waals surface area contributed by atoms with Crippen molar-refractivity contribution in [2.75, 3.05) is 0 Å². The van der Waals surface area contributed by atoms with E-state index in [1.54, 1.807) is 5.57 Å². The predicted molar refractivity (Wildman–Crippen MR) is 92.7 cm³/mol. The second-order valence-electron chi connectivity index (χ2n) is 8.16. The summed E-state index contributed by atoms with van der Waals surface area (Å²) >= 11 is 0. The molecule has 0 aromatic heterocycles. The van der Waals surface area contributed by atoms with E-state index in [4.69, 9.17) is 0 Å². The summed E-state index contributed by atoms with van der Waals surface area (Å²) in [5.74, 6) is 1.80. The van der Waals surface area contributed by atoms with Crippen molar-refractivity contribution < 1.29 is 0 Å². The van der Waals surface area contributed by atoms with Crippen molar-refractivity contribution >= 4 is 7.28 Å². The van der Waals surface area contributed by atoms with Crippen LogP contribution in [0.2, 0.25) is 11.6 Å². The summed E-state index contributed by atoms with van der Waals surface area (Å²) in [5.41, 5.74) is 4.14. The Balaban J connectivity index is 2.25. The molecular formula is C19H33B. The van der Waals surface area contributed by atoms with Crippen LogP contribution in [0.15, 0.2) is 23.8 Å². The molecule has 0 amide bonds. The molecule has 1 fully saturated rings. The van der Waals surface area contributed by atoms with Gasteiger partial charge in [0.2, 0.25) is 0 Å². The third kappa shape index (κ3) is 2.53. The minimum Gasteiger partial charge on any atom is -0.104 e. The van der Waals surface area contributed by atoms with Gasteiger partial charge in [-0.05, 0) is 42.3 Å². The van der Waals surface area contributed by atoms with Gasteiger partial charge in [-0.1, -0.05) is 70.5 Å². The van der Waals surface area contributed by atoms with Crippen LogP contribution in [0, 0.1) is 17.3 Å². The van der Waals surface area contributed by atoms with E-state index in [1.165, 1.54) is 39.4 Å². The molecule has 2 bridgehead atoms. The van der Waals surface area contributed by atoms with Crippen molar-refractivity contribution in [1.82, 2.24) is 0 Å². The fourth-order valence-electron chi connectivity index (χ4n) is 4.85. The highest BCUT2D eigenvalue weighted by Gasteiger charge is 2.53. The smallest absolute Gasteiger partial charge is 0.104 e. The molecule has 0 spiro atoms. The Morgan fingerprint density at radius 1 is 1.45 bits per heavy atom. The first-order valence-electron chi connectivity index (χ1n) is 8.68. The van der Waals surface area contributed by atoms with Gasteiger partial charge in [-0.3, -0.25) is 0 Å². The van der Waals surface area contributed by atoms with Gasteiger partial charge in [0.25, 0.3) is 0 Å². The minimum absolute atomic E-state index is 0.432. The molecule has 0 N–H and O–H groups in total. The fourth-order valence-corrected chi connectivity index (χ4v) is 4.85. The molecule has 0 aromatic rings. The Labute approximate surface area is 127 Å². The van der Waals surface area contributed by atoms with Crippen LogP contribution in [-0.2, 0) is 0 Å². The second-order valence-corrected chi connectivity index (χ2v) is 8.16. The zero-order chi connectivity index (χ0) is 15.0. The molecule has 3 rings (SSSR count). The summed E-state index contributed by atoms with van der Waals surface area (Å²) in [5, 5.41) is 0.432. The SMILES string of the molecule is C=CCBC(C)(CCCC)C1=C(C)[C@@H]2C[C@H](C1)C2(C)C. The van der Waals surface area contributed by atoms with Crippen molar-refractivity contribution in [2.45, 2.75) is 78.4 Å². The van der Waals surface area contributed by atoms with Crippen LogP contribution >= 0.6 is 0 Å². The zero-order valence-corrected chi connectivity index (χ0v) is 14.4. The molecule has 1 heteroatoms. The summed E-state index contributed by atoms with van der Waals surface area (Å²) in [4.78, 5) is 0. The largest absolute Gasteiger partial charge is 0.137 e. The summed E-state index contributed by atoms with van der Waals surface area (Å²) in [6.07, 6.45) is 10.1. The van der Waals surface area contributed by atoms with Crippen LogP contribution in [0.5, 0.6) is 0 Å². The van der Waals surface area contributed by atoms with Crippen molar-refractivity contribution in [2.24, 2.45) is 17.3 Å². The molecule has 0 nitrogen and oxygen atoms in total. The maximum atomic E-state index is 3.94. The molecule has 0 radical (unpaired) electrons. The lowest BCUT2D eigenvalue weighted by atomic mass is 9.39. The van der Waals surface area contributed by atoms with E-state index in [9.17, 15) is 0 Å². The summed E-state index contributed by atoms with van der Waals surface area (Å²) in [7, 11) is 1.29. The van der Waals surface area contributed by atoms with E-state index in [0.29, 0.717) is 10.7 Å². The first-order valence-corrected chi connectivity index (χ1v) is 8.68. The maximum Gasteiger partial charge on any atom is 0.137 e. The van der Waals surface area contributed by atoms with Crippen LogP contribution in [-0.4, -0.2) is 7.28 Å². The highest BCUT2D eigenvalue weighted by atomic mass is 14.6. The lowest BCUT2D eigenvalue weighted by molar-refractivity contribution is -0.0127. The van der Waals surface area contributed by atoms with E-state index < -0.39 is 0 Å². The van der Waals surface area contributed by atoms with Gasteiger partial charge in [0, 0.05) is 0 Å². The first kappa shape index (κ1) is 15.9. The number of allylic oxidation sites excluding steroid dienone is 3. The Hall–Kier alpha value is -0.455. The standard InChI is InChI=1S/C19H33B/c1-7-9-10-19(6,20-11-8-2)17-13-15-12-16(14(17)3)18(15,4)5/h8,15-16,20H,2,7,9-13H2,1,3-6H3/t15-,16+,19?/m1/s1. The average molecular weight is 272 g/mol. The van der Waals surface area contributed by atoms with Crippen LogP contribution in [0.4, 0.5) is 0 Å². The fraction of sp³-hybridized carbons (Fsp3) is 0.789. The highest BCUT2D eigenvalue weighted by Crippen LogP contribution is 2.64. The van der Waals surface area contributed by atoms with Crippen LogP contribution < -0.4 is 0 Å². The quantitative estimate of drug-likeness (QED) is 0.407. The van der Waals surface area contributed by atoms with Crippen molar-refractivity contribution in [3.05, 3.63) is 23.8 Å². The Morgan fingerprint density at radius 2 is 2.15 bits per heavy atom. The number of unbranched alkanes of at least 4 members (excludes halogenated alkanes) is 1. The van der Waals surface area contributed by atoms with Gasteiger partial charge in [0.05, 0.1) is 0 Å². The van der Waals surface area contributed by atoms with Gasteiger partial charge in [0.1, 0.15) is 7.28 Å². The molecule has 3 aliphatic carbocycles. The maximum absolute atomic E-state index is 3.94. The van der Waals surface area contributed by atoms with Crippen molar-refractivity contribution in [1.29, 1.82) is 0 Å². The van der Waals surface area contributed by atoms with E-state index in [1.807, 2.05) is 5.57 Å². The molecule has 0 heterocycles. The monoisotopic (exact) mass is 272 g/mol. The number of fused-ring (bicyclic) bond motifs is 1. The van der Waals surface area contributed by atoms with Crippen LogP contribution in [0.25, 0.3) is 0 Å².